The van der Waals surface area contributed by atoms with Crippen LogP contribution in [0.25, 0.3) is 0 Å². The van der Waals surface area contributed by atoms with Crippen molar-refractivity contribution >= 4 is 12.2 Å². The third-order valence-electron chi connectivity index (χ3n) is 3.59. The van der Waals surface area contributed by atoms with Crippen LogP contribution in [0.15, 0.2) is 30.3 Å². The summed E-state index contributed by atoms with van der Waals surface area (Å²) in [5.41, 5.74) is 0.0169. The van der Waals surface area contributed by atoms with E-state index in [-0.39, 0.29) is 13.2 Å². The summed E-state index contributed by atoms with van der Waals surface area (Å²) in [5, 5.41) is 2.40. The summed E-state index contributed by atoms with van der Waals surface area (Å²) in [5.74, 6) is -3.12. The maximum Gasteiger partial charge on any atom is 0.410 e. The van der Waals surface area contributed by atoms with Gasteiger partial charge in [0.05, 0.1) is 12.6 Å². The molecule has 1 aromatic carbocycles. The molecule has 0 unspecified atom stereocenters. The molecule has 144 valence electrons. The molecular weight excluding hydrogens is 346 g/mol. The summed E-state index contributed by atoms with van der Waals surface area (Å²) < 4.78 is 38.1. The zero-order chi connectivity index (χ0) is 19.4. The minimum atomic E-state index is -3.12. The number of nitrogens with zero attached hydrogens (tertiary/aromatic N) is 1. The monoisotopic (exact) mass is 370 g/mol. The molecule has 2 rings (SSSR count). The fourth-order valence-corrected chi connectivity index (χ4v) is 2.62. The summed E-state index contributed by atoms with van der Waals surface area (Å²) >= 11 is 0. The molecule has 0 bridgehead atoms. The van der Waals surface area contributed by atoms with Gasteiger partial charge in [0.1, 0.15) is 12.2 Å². The van der Waals surface area contributed by atoms with Gasteiger partial charge in [-0.2, -0.15) is 0 Å². The Labute approximate surface area is 151 Å². The Kier molecular flexibility index (Phi) is 6.05. The number of amides is 2. The highest BCUT2D eigenvalue weighted by atomic mass is 19.3. The maximum atomic E-state index is 14.0. The largest absolute Gasteiger partial charge is 0.445 e. The number of carbonyl (C=O) groups is 2. The van der Waals surface area contributed by atoms with Gasteiger partial charge in [0.2, 0.25) is 0 Å². The van der Waals surface area contributed by atoms with Gasteiger partial charge < -0.3 is 19.7 Å². The number of hydrogen-bond donors (Lipinski definition) is 1. The molecule has 1 saturated heterocycles. The fourth-order valence-electron chi connectivity index (χ4n) is 2.62. The van der Waals surface area contributed by atoms with E-state index in [1.807, 2.05) is 6.07 Å². The smallest absolute Gasteiger partial charge is 0.410 e. The lowest BCUT2D eigenvalue weighted by atomic mass is 10.0. The van der Waals surface area contributed by atoms with Crippen LogP contribution in [0.3, 0.4) is 0 Å². The van der Waals surface area contributed by atoms with Crippen molar-refractivity contribution in [1.82, 2.24) is 10.2 Å². The van der Waals surface area contributed by atoms with Crippen molar-refractivity contribution in [2.45, 2.75) is 51.4 Å². The van der Waals surface area contributed by atoms with Gasteiger partial charge in [-0.25, -0.2) is 18.4 Å². The molecular formula is C18H24F2N2O4. The molecule has 8 heteroatoms. The van der Waals surface area contributed by atoms with E-state index in [9.17, 15) is 18.4 Å². The molecule has 26 heavy (non-hydrogen) atoms. The Bertz CT molecular complexity index is 632. The van der Waals surface area contributed by atoms with Gasteiger partial charge in [-0.3, -0.25) is 0 Å². The molecule has 1 aromatic rings. The fraction of sp³-hybridized carbons (Fsp3) is 0.556. The molecule has 6 nitrogen and oxygen atoms in total. The molecule has 0 aromatic heterocycles. The number of hydrogen-bond acceptors (Lipinski definition) is 4. The van der Waals surface area contributed by atoms with Gasteiger partial charge in [-0.15, -0.1) is 0 Å². The third kappa shape index (κ3) is 6.50. The van der Waals surface area contributed by atoms with Crippen LogP contribution in [0.4, 0.5) is 18.4 Å². The highest BCUT2D eigenvalue weighted by Gasteiger charge is 2.43. The van der Waals surface area contributed by atoms with Crippen molar-refractivity contribution in [1.29, 1.82) is 0 Å². The lowest BCUT2D eigenvalue weighted by Gasteiger charge is -2.37. The van der Waals surface area contributed by atoms with E-state index >= 15 is 0 Å². The molecule has 2 amide bonds. The number of alkyl halides is 2. The first kappa shape index (κ1) is 19.9. The van der Waals surface area contributed by atoms with Gasteiger partial charge >= 0.3 is 12.2 Å². The number of nitrogens with one attached hydrogen (secondary N) is 1. The molecule has 1 N–H and O–H groups in total. The second-order valence-electron chi connectivity index (χ2n) is 7.32. The topological polar surface area (TPSA) is 67.9 Å². The van der Waals surface area contributed by atoms with Crippen LogP contribution in [-0.4, -0.2) is 47.7 Å². The first-order valence-electron chi connectivity index (χ1n) is 8.37. The van der Waals surface area contributed by atoms with E-state index in [4.69, 9.17) is 9.47 Å². The van der Waals surface area contributed by atoms with E-state index in [1.54, 1.807) is 45.0 Å². The molecule has 0 spiro atoms. The highest BCUT2D eigenvalue weighted by molar-refractivity contribution is 5.70. The minimum Gasteiger partial charge on any atom is -0.445 e. The number of rotatable bonds is 3. The summed E-state index contributed by atoms with van der Waals surface area (Å²) in [6.07, 6.45) is -2.20. The molecule has 1 atom stereocenters. The van der Waals surface area contributed by atoms with E-state index < -0.39 is 42.7 Å². The number of alkyl carbamates (subject to hydrolysis) is 1. The molecule has 0 radical (unpaired) electrons. The van der Waals surface area contributed by atoms with Crippen LogP contribution in [0.5, 0.6) is 0 Å². The number of ether oxygens (including phenoxy) is 2. The quantitative estimate of drug-likeness (QED) is 0.883. The van der Waals surface area contributed by atoms with Crippen molar-refractivity contribution in [2.75, 3.05) is 13.1 Å². The standard InChI is InChI=1S/C18H24F2N2O4/c1-17(2,3)26-15(23)21-14-9-18(19,20)12-22(10-14)16(24)25-11-13-7-5-4-6-8-13/h4-8,14H,9-12H2,1-3H3,(H,21,23)/t14-/m0/s1. The third-order valence-corrected chi connectivity index (χ3v) is 3.59. The molecule has 0 aliphatic carbocycles. The lowest BCUT2D eigenvalue weighted by Crippen LogP contribution is -2.57. The van der Waals surface area contributed by atoms with Crippen molar-refractivity contribution in [2.24, 2.45) is 0 Å². The van der Waals surface area contributed by atoms with Gasteiger partial charge in [0.15, 0.2) is 0 Å². The van der Waals surface area contributed by atoms with E-state index in [0.717, 1.165) is 10.5 Å². The Balaban J connectivity index is 1.93. The zero-order valence-electron chi connectivity index (χ0n) is 15.1. The van der Waals surface area contributed by atoms with Crippen molar-refractivity contribution in [3.8, 4) is 0 Å². The van der Waals surface area contributed by atoms with Gasteiger partial charge in [0.25, 0.3) is 5.92 Å². The normalized spacial score (nSPS) is 19.6. The van der Waals surface area contributed by atoms with Crippen LogP contribution >= 0.6 is 0 Å². The number of halogens is 2. The average Bonchev–Trinajstić information content (AvgIpc) is 2.50. The van der Waals surface area contributed by atoms with Crippen LogP contribution in [-0.2, 0) is 16.1 Å². The Morgan fingerprint density at radius 1 is 1.27 bits per heavy atom. The van der Waals surface area contributed by atoms with E-state index in [0.29, 0.717) is 0 Å². The van der Waals surface area contributed by atoms with Crippen LogP contribution < -0.4 is 5.32 Å². The maximum absolute atomic E-state index is 14.0. The second-order valence-corrected chi connectivity index (χ2v) is 7.32. The SMILES string of the molecule is CC(C)(C)OC(=O)N[C@@H]1CN(C(=O)OCc2ccccc2)CC(F)(F)C1. The van der Waals surface area contributed by atoms with Gasteiger partial charge in [0, 0.05) is 13.0 Å². The zero-order valence-corrected chi connectivity index (χ0v) is 15.1. The number of piperidine rings is 1. The van der Waals surface area contributed by atoms with Crippen LogP contribution in [0.2, 0.25) is 0 Å². The van der Waals surface area contributed by atoms with Gasteiger partial charge in [-0.1, -0.05) is 30.3 Å². The average molecular weight is 370 g/mol. The number of benzene rings is 1. The summed E-state index contributed by atoms with van der Waals surface area (Å²) in [7, 11) is 0. The van der Waals surface area contributed by atoms with Crippen molar-refractivity contribution < 1.29 is 27.8 Å². The Morgan fingerprint density at radius 3 is 2.54 bits per heavy atom. The lowest BCUT2D eigenvalue weighted by molar-refractivity contribution is -0.0719. The predicted octanol–water partition coefficient (Wildman–Crippen LogP) is 3.56. The van der Waals surface area contributed by atoms with Crippen LogP contribution in [0, 0.1) is 0 Å². The Morgan fingerprint density at radius 2 is 1.92 bits per heavy atom. The Hall–Kier alpha value is -2.38. The first-order chi connectivity index (χ1) is 12.0. The summed E-state index contributed by atoms with van der Waals surface area (Å²) in [6, 6.07) is 8.02. The molecule has 1 fully saturated rings. The molecule has 1 heterocycles. The minimum absolute atomic E-state index is 0.00803. The van der Waals surface area contributed by atoms with Crippen LogP contribution in [0.1, 0.15) is 32.8 Å². The van der Waals surface area contributed by atoms with Gasteiger partial charge in [-0.05, 0) is 26.3 Å². The number of carbonyl (C=O) groups excluding carboxylic acids is 2. The van der Waals surface area contributed by atoms with E-state index in [2.05, 4.69) is 5.32 Å². The molecule has 1 aliphatic rings. The van der Waals surface area contributed by atoms with Crippen molar-refractivity contribution in [3.05, 3.63) is 35.9 Å². The second kappa shape index (κ2) is 7.88. The first-order valence-corrected chi connectivity index (χ1v) is 8.37. The molecule has 0 saturated carbocycles. The van der Waals surface area contributed by atoms with Crippen molar-refractivity contribution in [3.63, 3.8) is 0 Å². The summed E-state index contributed by atoms with van der Waals surface area (Å²) in [6.45, 7) is 4.21. The number of likely N-dealkylation sites (tertiary alicyclic amines) is 1. The van der Waals surface area contributed by atoms with E-state index in [1.165, 1.54) is 0 Å². The predicted molar refractivity (Wildman–Crippen MR) is 90.9 cm³/mol. The highest BCUT2D eigenvalue weighted by Crippen LogP contribution is 2.27. The molecule has 1 aliphatic heterocycles. The summed E-state index contributed by atoms with van der Waals surface area (Å²) in [4.78, 5) is 24.9.